The summed E-state index contributed by atoms with van der Waals surface area (Å²) < 4.78 is 0. The molecule has 1 atom stereocenters. The molecule has 2 heterocycles. The maximum Gasteiger partial charge on any atom is 0.274 e. The Bertz CT molecular complexity index is 500. The third-order valence-electron chi connectivity index (χ3n) is 3.23. The number of carbonyl (C=O) groups is 2. The molecule has 0 aromatic carbocycles. The van der Waals surface area contributed by atoms with Crippen molar-refractivity contribution in [2.75, 3.05) is 33.7 Å². The molecule has 1 aromatic heterocycles. The summed E-state index contributed by atoms with van der Waals surface area (Å²) in [6.45, 7) is 3.42. The van der Waals surface area contributed by atoms with Crippen molar-refractivity contribution in [2.24, 2.45) is 0 Å². The second-order valence-electron chi connectivity index (χ2n) is 4.99. The first-order valence-corrected chi connectivity index (χ1v) is 6.52. The number of piperazine rings is 1. The van der Waals surface area contributed by atoms with Crippen molar-refractivity contribution in [1.82, 2.24) is 25.1 Å². The van der Waals surface area contributed by atoms with E-state index in [1.165, 1.54) is 11.1 Å². The lowest BCUT2D eigenvalue weighted by Crippen LogP contribution is -2.59. The molecule has 2 amide bonds. The van der Waals surface area contributed by atoms with E-state index in [0.29, 0.717) is 19.6 Å². The largest absolute Gasteiger partial charge is 0.347 e. The minimum absolute atomic E-state index is 0.0920. The van der Waals surface area contributed by atoms with E-state index >= 15 is 0 Å². The van der Waals surface area contributed by atoms with Crippen LogP contribution in [0.5, 0.6) is 0 Å². The standard InChI is InChI=1S/C13H19N5O2/c1-9-6-16-10(7-15-9)12(19)18-5-4-14-8-11(18)13(20)17(2)3/h6-7,11,14H,4-5,8H2,1-3H3. The molecule has 0 saturated carbocycles. The number of nitrogens with zero attached hydrogens (tertiary/aromatic N) is 4. The average Bonchev–Trinajstić information content (AvgIpc) is 2.46. The topological polar surface area (TPSA) is 78.4 Å². The Hall–Kier alpha value is -2.02. The number of hydrogen-bond donors (Lipinski definition) is 1. The summed E-state index contributed by atoms with van der Waals surface area (Å²) >= 11 is 0. The maximum atomic E-state index is 12.5. The molecule has 1 N–H and O–H groups in total. The van der Waals surface area contributed by atoms with Gasteiger partial charge in [-0.3, -0.25) is 14.6 Å². The first-order valence-electron chi connectivity index (χ1n) is 6.52. The highest BCUT2D eigenvalue weighted by atomic mass is 16.2. The zero-order valence-corrected chi connectivity index (χ0v) is 12.0. The van der Waals surface area contributed by atoms with Gasteiger partial charge in [0, 0.05) is 39.9 Å². The first-order chi connectivity index (χ1) is 9.50. The van der Waals surface area contributed by atoms with Crippen LogP contribution in [0.25, 0.3) is 0 Å². The quantitative estimate of drug-likeness (QED) is 0.772. The van der Waals surface area contributed by atoms with E-state index in [-0.39, 0.29) is 17.5 Å². The van der Waals surface area contributed by atoms with Crippen LogP contribution in [0.4, 0.5) is 0 Å². The molecule has 0 spiro atoms. The van der Waals surface area contributed by atoms with Crippen LogP contribution in [0.1, 0.15) is 16.2 Å². The molecule has 0 aliphatic carbocycles. The lowest BCUT2D eigenvalue weighted by atomic mass is 10.1. The summed E-state index contributed by atoms with van der Waals surface area (Å²) in [6.07, 6.45) is 3.01. The summed E-state index contributed by atoms with van der Waals surface area (Å²) in [4.78, 5) is 35.9. The smallest absolute Gasteiger partial charge is 0.274 e. The summed E-state index contributed by atoms with van der Waals surface area (Å²) in [5.74, 6) is -0.343. The number of rotatable bonds is 2. The SMILES string of the molecule is Cc1cnc(C(=O)N2CCNCC2C(=O)N(C)C)cn1. The fourth-order valence-electron chi connectivity index (χ4n) is 2.12. The van der Waals surface area contributed by atoms with Gasteiger partial charge < -0.3 is 15.1 Å². The van der Waals surface area contributed by atoms with E-state index in [2.05, 4.69) is 15.3 Å². The average molecular weight is 277 g/mol. The van der Waals surface area contributed by atoms with Crippen molar-refractivity contribution in [3.05, 3.63) is 23.8 Å². The minimum Gasteiger partial charge on any atom is -0.347 e. The Kier molecular flexibility index (Phi) is 4.29. The highest BCUT2D eigenvalue weighted by molar-refractivity contribution is 5.96. The van der Waals surface area contributed by atoms with Crippen LogP contribution in [0.3, 0.4) is 0 Å². The van der Waals surface area contributed by atoms with Crippen molar-refractivity contribution in [3.8, 4) is 0 Å². The van der Waals surface area contributed by atoms with Gasteiger partial charge in [0.25, 0.3) is 5.91 Å². The Morgan fingerprint density at radius 1 is 1.35 bits per heavy atom. The second-order valence-corrected chi connectivity index (χ2v) is 4.99. The van der Waals surface area contributed by atoms with Crippen molar-refractivity contribution in [2.45, 2.75) is 13.0 Å². The lowest BCUT2D eigenvalue weighted by molar-refractivity contribution is -0.134. The van der Waals surface area contributed by atoms with E-state index in [1.807, 2.05) is 6.92 Å². The van der Waals surface area contributed by atoms with E-state index in [1.54, 1.807) is 25.2 Å². The molecule has 20 heavy (non-hydrogen) atoms. The Labute approximate surface area is 118 Å². The van der Waals surface area contributed by atoms with Crippen LogP contribution in [0, 0.1) is 6.92 Å². The van der Waals surface area contributed by atoms with Gasteiger partial charge in [-0.1, -0.05) is 0 Å². The molecule has 1 aliphatic heterocycles. The van der Waals surface area contributed by atoms with Gasteiger partial charge in [0.2, 0.25) is 5.91 Å². The monoisotopic (exact) mass is 277 g/mol. The van der Waals surface area contributed by atoms with E-state index < -0.39 is 6.04 Å². The Morgan fingerprint density at radius 2 is 2.10 bits per heavy atom. The second kappa shape index (κ2) is 5.96. The number of aryl methyl sites for hydroxylation is 1. The molecule has 1 unspecified atom stereocenters. The van der Waals surface area contributed by atoms with Gasteiger partial charge in [-0.25, -0.2) is 4.98 Å². The van der Waals surface area contributed by atoms with Gasteiger partial charge in [-0.05, 0) is 6.92 Å². The molecular weight excluding hydrogens is 258 g/mol. The summed E-state index contributed by atoms with van der Waals surface area (Å²) in [7, 11) is 3.37. The van der Waals surface area contributed by atoms with Crippen molar-refractivity contribution < 1.29 is 9.59 Å². The zero-order valence-electron chi connectivity index (χ0n) is 12.0. The molecule has 1 aliphatic rings. The van der Waals surface area contributed by atoms with Crippen LogP contribution in [0.15, 0.2) is 12.4 Å². The van der Waals surface area contributed by atoms with Crippen LogP contribution < -0.4 is 5.32 Å². The molecule has 1 saturated heterocycles. The molecule has 1 fully saturated rings. The third kappa shape index (κ3) is 2.93. The molecule has 0 bridgehead atoms. The van der Waals surface area contributed by atoms with Crippen LogP contribution >= 0.6 is 0 Å². The number of nitrogens with one attached hydrogen (secondary N) is 1. The summed E-state index contributed by atoms with van der Waals surface area (Å²) in [5.41, 5.74) is 1.02. The predicted molar refractivity (Wildman–Crippen MR) is 73.2 cm³/mol. The third-order valence-corrected chi connectivity index (χ3v) is 3.23. The van der Waals surface area contributed by atoms with Gasteiger partial charge in [0.1, 0.15) is 11.7 Å². The number of aromatic nitrogens is 2. The maximum absolute atomic E-state index is 12.5. The number of carbonyl (C=O) groups excluding carboxylic acids is 2. The Balaban J connectivity index is 2.21. The van der Waals surface area contributed by atoms with Gasteiger partial charge in [0.05, 0.1) is 11.9 Å². The van der Waals surface area contributed by atoms with Gasteiger partial charge >= 0.3 is 0 Å². The molecule has 1 aromatic rings. The van der Waals surface area contributed by atoms with E-state index in [0.717, 1.165) is 5.69 Å². The highest BCUT2D eigenvalue weighted by Gasteiger charge is 2.33. The molecular formula is C13H19N5O2. The van der Waals surface area contributed by atoms with E-state index in [9.17, 15) is 9.59 Å². The molecule has 2 rings (SSSR count). The number of amides is 2. The Morgan fingerprint density at radius 3 is 2.70 bits per heavy atom. The van der Waals surface area contributed by atoms with Gasteiger partial charge in [-0.2, -0.15) is 0 Å². The van der Waals surface area contributed by atoms with Crippen molar-refractivity contribution in [3.63, 3.8) is 0 Å². The van der Waals surface area contributed by atoms with Crippen LogP contribution in [0.2, 0.25) is 0 Å². The number of likely N-dealkylation sites (N-methyl/N-ethyl adjacent to an activating group) is 1. The lowest BCUT2D eigenvalue weighted by Gasteiger charge is -2.36. The van der Waals surface area contributed by atoms with Gasteiger partial charge in [0.15, 0.2) is 0 Å². The highest BCUT2D eigenvalue weighted by Crippen LogP contribution is 2.10. The molecule has 7 nitrogen and oxygen atoms in total. The summed E-state index contributed by atoms with van der Waals surface area (Å²) in [5, 5.41) is 3.14. The number of hydrogen-bond acceptors (Lipinski definition) is 5. The van der Waals surface area contributed by atoms with Crippen LogP contribution in [-0.2, 0) is 4.79 Å². The molecule has 7 heteroatoms. The van der Waals surface area contributed by atoms with Gasteiger partial charge in [-0.15, -0.1) is 0 Å². The molecule has 0 radical (unpaired) electrons. The molecule has 108 valence electrons. The fourth-order valence-corrected chi connectivity index (χ4v) is 2.12. The summed E-state index contributed by atoms with van der Waals surface area (Å²) in [6, 6.07) is -0.491. The fraction of sp³-hybridized carbons (Fsp3) is 0.538. The van der Waals surface area contributed by atoms with Crippen molar-refractivity contribution >= 4 is 11.8 Å². The first kappa shape index (κ1) is 14.4. The predicted octanol–water partition coefficient (Wildman–Crippen LogP) is -0.713. The van der Waals surface area contributed by atoms with Crippen LogP contribution in [-0.4, -0.2) is 71.4 Å². The van der Waals surface area contributed by atoms with Crippen molar-refractivity contribution in [1.29, 1.82) is 0 Å². The minimum atomic E-state index is -0.491. The van der Waals surface area contributed by atoms with E-state index in [4.69, 9.17) is 0 Å². The zero-order chi connectivity index (χ0) is 14.7. The normalized spacial score (nSPS) is 18.8.